The molecule has 0 saturated carbocycles. The quantitative estimate of drug-likeness (QED) is 0.200. The van der Waals surface area contributed by atoms with Gasteiger partial charge in [-0.2, -0.15) is 0 Å². The Bertz CT molecular complexity index is 448. The van der Waals surface area contributed by atoms with Crippen LogP contribution in [0.2, 0.25) is 0 Å². The van der Waals surface area contributed by atoms with Crippen LogP contribution in [0.3, 0.4) is 0 Å². The summed E-state index contributed by atoms with van der Waals surface area (Å²) in [6.07, 6.45) is 2.47. The number of carboxylic acid groups (broad SMARTS) is 4. The van der Waals surface area contributed by atoms with Gasteiger partial charge in [0.05, 0.1) is 0 Å². The lowest BCUT2D eigenvalue weighted by atomic mass is 10.1. The van der Waals surface area contributed by atoms with Crippen molar-refractivity contribution in [1.29, 1.82) is 0 Å². The first kappa shape index (κ1) is 29.5. The maximum absolute atomic E-state index is 10.0. The molecule has 0 heterocycles. The molecule has 0 aromatic carbocycles. The molecule has 160 valence electrons. The fourth-order valence-electron chi connectivity index (χ4n) is 1.22. The highest BCUT2D eigenvalue weighted by Gasteiger charge is 2.12. The highest BCUT2D eigenvalue weighted by Crippen LogP contribution is 2.01. The Morgan fingerprint density at radius 3 is 1.48 bits per heavy atom. The van der Waals surface area contributed by atoms with E-state index >= 15 is 0 Å². The van der Waals surface area contributed by atoms with Crippen molar-refractivity contribution in [1.82, 2.24) is 0 Å². The van der Waals surface area contributed by atoms with E-state index in [0.29, 0.717) is 6.42 Å². The van der Waals surface area contributed by atoms with Crippen LogP contribution in [0, 0.1) is 0 Å². The summed E-state index contributed by atoms with van der Waals surface area (Å²) >= 11 is 0. The van der Waals surface area contributed by atoms with E-state index in [1.54, 1.807) is 0 Å². The van der Waals surface area contributed by atoms with Crippen LogP contribution in [0.5, 0.6) is 0 Å². The number of carbonyl (C=O) groups is 4. The molecule has 3 atom stereocenters. The van der Waals surface area contributed by atoms with E-state index in [0.717, 1.165) is 12.8 Å². The Morgan fingerprint density at radius 1 is 0.778 bits per heavy atom. The Morgan fingerprint density at radius 2 is 1.22 bits per heavy atom. The second kappa shape index (κ2) is 18.5. The Balaban J connectivity index is -0.000000326. The van der Waals surface area contributed by atoms with Gasteiger partial charge >= 0.3 is 23.9 Å². The van der Waals surface area contributed by atoms with Gasteiger partial charge in [0.2, 0.25) is 0 Å². The number of hydrogen-bond acceptors (Lipinski definition) is 8. The standard InChI is InChI=1S/C7H15NO2.C5H9NO4.C3H8N2O2/c1-2-6(8)4-3-5-7(9)10;6-3(5(9)10)1-2-4(7)8;4-1-2(5)3(6)7/h6H,2-5,8H2,1H3,(H,9,10);3H,1-2,6H2,(H,7,8)(H,9,10);2H,1,4-5H2,(H,6,7). The van der Waals surface area contributed by atoms with Gasteiger partial charge in [-0.3, -0.25) is 19.2 Å². The molecule has 0 saturated heterocycles. The molecule has 0 aromatic heterocycles. The number of hydrogen-bond donors (Lipinski definition) is 8. The third kappa shape index (κ3) is 26.1. The summed E-state index contributed by atoms with van der Waals surface area (Å²) in [5.74, 6) is -3.98. The second-order valence-electron chi connectivity index (χ2n) is 5.51. The molecule has 0 rings (SSSR count). The van der Waals surface area contributed by atoms with Gasteiger partial charge in [0.1, 0.15) is 12.1 Å². The number of carboxylic acids is 4. The zero-order chi connectivity index (χ0) is 22.0. The van der Waals surface area contributed by atoms with Crippen molar-refractivity contribution in [3.63, 3.8) is 0 Å². The van der Waals surface area contributed by atoms with Gasteiger partial charge < -0.3 is 43.4 Å². The Labute approximate surface area is 157 Å². The molecule has 0 aliphatic rings. The van der Waals surface area contributed by atoms with E-state index < -0.39 is 36.0 Å². The topological polar surface area (TPSA) is 253 Å². The SMILES string of the molecule is CCC(N)CCCC(=O)O.NC(CCC(=O)O)C(=O)O.NCC(N)C(=O)O. The molecule has 0 aliphatic heterocycles. The summed E-state index contributed by atoms with van der Waals surface area (Å²) in [6, 6.07) is -1.78. The van der Waals surface area contributed by atoms with Crippen LogP contribution in [-0.2, 0) is 19.2 Å². The summed E-state index contributed by atoms with van der Waals surface area (Å²) < 4.78 is 0. The maximum Gasteiger partial charge on any atom is 0.321 e. The first-order valence-electron chi connectivity index (χ1n) is 8.24. The third-order valence-electron chi connectivity index (χ3n) is 3.05. The van der Waals surface area contributed by atoms with Crippen molar-refractivity contribution in [2.75, 3.05) is 6.54 Å². The van der Waals surface area contributed by atoms with Gasteiger partial charge in [0.25, 0.3) is 0 Å². The van der Waals surface area contributed by atoms with E-state index in [4.69, 9.17) is 43.4 Å². The molecular weight excluding hydrogens is 364 g/mol. The minimum Gasteiger partial charge on any atom is -0.481 e. The van der Waals surface area contributed by atoms with Gasteiger partial charge in [-0.05, 0) is 25.7 Å². The van der Waals surface area contributed by atoms with E-state index in [-0.39, 0.29) is 31.8 Å². The molecule has 0 fully saturated rings. The predicted octanol–water partition coefficient (Wildman–Crippen LogP) is -1.40. The first-order chi connectivity index (χ1) is 12.4. The highest BCUT2D eigenvalue weighted by atomic mass is 16.4. The summed E-state index contributed by atoms with van der Waals surface area (Å²) in [7, 11) is 0. The van der Waals surface area contributed by atoms with Crippen LogP contribution in [0.15, 0.2) is 0 Å². The van der Waals surface area contributed by atoms with E-state index in [9.17, 15) is 19.2 Å². The van der Waals surface area contributed by atoms with Crippen LogP contribution >= 0.6 is 0 Å². The molecule has 0 radical (unpaired) electrons. The van der Waals surface area contributed by atoms with Gasteiger partial charge in [0, 0.05) is 25.4 Å². The van der Waals surface area contributed by atoms with Crippen LogP contribution in [-0.4, -0.2) is 69.0 Å². The van der Waals surface area contributed by atoms with Gasteiger partial charge in [0.15, 0.2) is 0 Å². The fourth-order valence-corrected chi connectivity index (χ4v) is 1.22. The Hall–Kier alpha value is -2.28. The largest absolute Gasteiger partial charge is 0.481 e. The summed E-state index contributed by atoms with van der Waals surface area (Å²) in [4.78, 5) is 39.6. The minimum absolute atomic E-state index is 0.00463. The van der Waals surface area contributed by atoms with Gasteiger partial charge in [-0.25, -0.2) is 0 Å². The van der Waals surface area contributed by atoms with Crippen molar-refractivity contribution in [2.24, 2.45) is 22.9 Å². The van der Waals surface area contributed by atoms with E-state index in [2.05, 4.69) is 0 Å². The number of aliphatic carboxylic acids is 4. The first-order valence-corrected chi connectivity index (χ1v) is 8.24. The molecule has 0 spiro atoms. The fraction of sp³-hybridized carbons (Fsp3) is 0.733. The summed E-state index contributed by atoms with van der Waals surface area (Å²) in [5.41, 5.74) is 20.3. The monoisotopic (exact) mass is 396 g/mol. The number of nitrogens with two attached hydrogens (primary N) is 4. The lowest BCUT2D eigenvalue weighted by molar-refractivity contribution is -0.140. The van der Waals surface area contributed by atoms with E-state index in [1.807, 2.05) is 6.92 Å². The van der Waals surface area contributed by atoms with Crippen LogP contribution in [0.1, 0.15) is 45.4 Å². The lowest BCUT2D eigenvalue weighted by Crippen LogP contribution is -2.37. The van der Waals surface area contributed by atoms with Crippen LogP contribution < -0.4 is 22.9 Å². The Kier molecular flexibility index (Phi) is 20.2. The molecule has 0 aromatic rings. The van der Waals surface area contributed by atoms with Gasteiger partial charge in [-0.1, -0.05) is 6.92 Å². The van der Waals surface area contributed by atoms with Crippen molar-refractivity contribution in [3.05, 3.63) is 0 Å². The van der Waals surface area contributed by atoms with Crippen molar-refractivity contribution in [3.8, 4) is 0 Å². The van der Waals surface area contributed by atoms with Crippen LogP contribution in [0.4, 0.5) is 0 Å². The smallest absolute Gasteiger partial charge is 0.321 e. The normalized spacial score (nSPS) is 12.9. The van der Waals surface area contributed by atoms with E-state index in [1.165, 1.54) is 0 Å². The third-order valence-corrected chi connectivity index (χ3v) is 3.05. The predicted molar refractivity (Wildman–Crippen MR) is 96.9 cm³/mol. The van der Waals surface area contributed by atoms with Crippen molar-refractivity contribution < 1.29 is 39.6 Å². The lowest BCUT2D eigenvalue weighted by Gasteiger charge is -2.05. The molecular formula is C15H32N4O8. The molecule has 3 unspecified atom stereocenters. The number of rotatable bonds is 11. The average molecular weight is 396 g/mol. The van der Waals surface area contributed by atoms with Crippen molar-refractivity contribution in [2.45, 2.75) is 63.6 Å². The molecule has 0 aliphatic carbocycles. The minimum atomic E-state index is -1.17. The van der Waals surface area contributed by atoms with Gasteiger partial charge in [-0.15, -0.1) is 0 Å². The summed E-state index contributed by atoms with van der Waals surface area (Å²) in [6.45, 7) is 2.00. The average Bonchev–Trinajstić information content (AvgIpc) is 2.59. The zero-order valence-electron chi connectivity index (χ0n) is 15.4. The molecule has 0 bridgehead atoms. The van der Waals surface area contributed by atoms with Crippen molar-refractivity contribution >= 4 is 23.9 Å². The maximum atomic E-state index is 10.0. The molecule has 12 nitrogen and oxygen atoms in total. The summed E-state index contributed by atoms with van der Waals surface area (Å²) in [5, 5.41) is 32.5. The molecule has 0 amide bonds. The second-order valence-corrected chi connectivity index (χ2v) is 5.51. The molecule has 12 heteroatoms. The van der Waals surface area contributed by atoms with Crippen LogP contribution in [0.25, 0.3) is 0 Å². The zero-order valence-corrected chi connectivity index (χ0v) is 15.4. The molecule has 27 heavy (non-hydrogen) atoms. The molecule has 12 N–H and O–H groups in total. The highest BCUT2D eigenvalue weighted by molar-refractivity contribution is 5.74.